The summed E-state index contributed by atoms with van der Waals surface area (Å²) in [5.41, 5.74) is 0.852. The van der Waals surface area contributed by atoms with E-state index in [2.05, 4.69) is 15.6 Å². The van der Waals surface area contributed by atoms with Crippen molar-refractivity contribution in [3.05, 3.63) is 76.3 Å². The first-order valence-electron chi connectivity index (χ1n) is 8.62. The van der Waals surface area contributed by atoms with Crippen LogP contribution < -0.4 is 10.6 Å². The maximum absolute atomic E-state index is 12.6. The van der Waals surface area contributed by atoms with Gasteiger partial charge in [-0.1, -0.05) is 35.3 Å². The Kier molecular flexibility index (Phi) is 6.74. The highest BCUT2D eigenvalue weighted by atomic mass is 35.5. The number of hydrogen-bond donors (Lipinski definition) is 2. The summed E-state index contributed by atoms with van der Waals surface area (Å²) in [4.78, 5) is 28.9. The van der Waals surface area contributed by atoms with E-state index in [1.807, 2.05) is 6.07 Å². The first-order valence-corrected chi connectivity index (χ1v) is 9.38. The van der Waals surface area contributed by atoms with Crippen molar-refractivity contribution in [1.82, 2.24) is 4.98 Å². The van der Waals surface area contributed by atoms with Gasteiger partial charge in [0.1, 0.15) is 5.76 Å². The maximum atomic E-state index is 12.6. The van der Waals surface area contributed by atoms with E-state index < -0.39 is 18.0 Å². The number of rotatable bonds is 7. The van der Waals surface area contributed by atoms with Crippen molar-refractivity contribution in [2.45, 2.75) is 19.6 Å². The number of carbonyl (C=O) groups excluding carboxylic acids is 2. The average molecular weight is 434 g/mol. The fourth-order valence-electron chi connectivity index (χ4n) is 2.41. The standard InChI is InChI=1S/C20H17Cl2N3O4/c1-12(19(26)25-18-16(22)9-13(21)10-24-18)29-20(27)15-6-2-3-7-17(15)23-11-14-5-4-8-28-14/h2-10,12,23H,11H2,1H3,(H,24,25,26)/t12-/m0/s1. The van der Waals surface area contributed by atoms with Gasteiger partial charge in [-0.25, -0.2) is 9.78 Å². The van der Waals surface area contributed by atoms with Crippen LogP contribution in [0.15, 0.2) is 59.3 Å². The van der Waals surface area contributed by atoms with Gasteiger partial charge in [0.15, 0.2) is 11.9 Å². The van der Waals surface area contributed by atoms with Gasteiger partial charge in [0, 0.05) is 11.9 Å². The third-order valence-electron chi connectivity index (χ3n) is 3.88. The minimum Gasteiger partial charge on any atom is -0.467 e. The van der Waals surface area contributed by atoms with Crippen molar-refractivity contribution in [1.29, 1.82) is 0 Å². The lowest BCUT2D eigenvalue weighted by molar-refractivity contribution is -0.123. The number of ether oxygens (including phenoxy) is 1. The molecule has 0 unspecified atom stereocenters. The first-order chi connectivity index (χ1) is 13.9. The number of furan rings is 1. The predicted molar refractivity (Wildman–Crippen MR) is 110 cm³/mol. The molecule has 0 saturated carbocycles. The number of para-hydroxylation sites is 1. The van der Waals surface area contributed by atoms with E-state index in [0.29, 0.717) is 28.6 Å². The van der Waals surface area contributed by atoms with Gasteiger partial charge >= 0.3 is 5.97 Å². The van der Waals surface area contributed by atoms with Crippen LogP contribution >= 0.6 is 23.2 Å². The van der Waals surface area contributed by atoms with E-state index in [1.165, 1.54) is 19.2 Å². The zero-order valence-corrected chi connectivity index (χ0v) is 16.8. The number of pyridine rings is 1. The minimum atomic E-state index is -1.07. The monoisotopic (exact) mass is 433 g/mol. The highest BCUT2D eigenvalue weighted by molar-refractivity contribution is 6.36. The number of aromatic nitrogens is 1. The molecule has 2 heterocycles. The number of amides is 1. The molecule has 0 saturated heterocycles. The van der Waals surface area contributed by atoms with Gasteiger partial charge in [-0.3, -0.25) is 4.79 Å². The van der Waals surface area contributed by atoms with E-state index in [-0.39, 0.29) is 10.8 Å². The molecular formula is C20H17Cl2N3O4. The van der Waals surface area contributed by atoms with Gasteiger partial charge in [-0.15, -0.1) is 0 Å². The molecule has 2 aromatic heterocycles. The molecule has 0 aliphatic carbocycles. The smallest absolute Gasteiger partial charge is 0.341 e. The summed E-state index contributed by atoms with van der Waals surface area (Å²) in [5, 5.41) is 6.14. The number of hydrogen-bond acceptors (Lipinski definition) is 6. The predicted octanol–water partition coefficient (Wildman–Crippen LogP) is 4.78. The van der Waals surface area contributed by atoms with Crippen LogP contribution in [0, 0.1) is 0 Å². The van der Waals surface area contributed by atoms with Gasteiger partial charge < -0.3 is 19.8 Å². The van der Waals surface area contributed by atoms with Crippen LogP contribution in [0.2, 0.25) is 10.0 Å². The molecule has 0 radical (unpaired) electrons. The third-order valence-corrected chi connectivity index (χ3v) is 4.38. The van der Waals surface area contributed by atoms with Crippen molar-refractivity contribution in [2.24, 2.45) is 0 Å². The summed E-state index contributed by atoms with van der Waals surface area (Å²) in [5.74, 6) is -0.376. The van der Waals surface area contributed by atoms with Crippen LogP contribution in [0.3, 0.4) is 0 Å². The van der Waals surface area contributed by atoms with E-state index in [1.54, 1.807) is 36.6 Å². The molecule has 0 aliphatic heterocycles. The quantitative estimate of drug-likeness (QED) is 0.520. The molecule has 0 bridgehead atoms. The van der Waals surface area contributed by atoms with Gasteiger partial charge in [0.2, 0.25) is 0 Å². The second-order valence-electron chi connectivity index (χ2n) is 6.00. The molecule has 1 atom stereocenters. The van der Waals surface area contributed by atoms with Gasteiger partial charge in [-0.05, 0) is 37.3 Å². The summed E-state index contributed by atoms with van der Waals surface area (Å²) < 4.78 is 10.6. The number of nitrogens with zero attached hydrogens (tertiary/aromatic N) is 1. The molecule has 0 spiro atoms. The van der Waals surface area contributed by atoms with E-state index >= 15 is 0 Å². The highest BCUT2D eigenvalue weighted by Crippen LogP contribution is 2.23. The van der Waals surface area contributed by atoms with Crippen molar-refractivity contribution in [3.63, 3.8) is 0 Å². The van der Waals surface area contributed by atoms with Gasteiger partial charge in [-0.2, -0.15) is 0 Å². The van der Waals surface area contributed by atoms with Gasteiger partial charge in [0.05, 0.1) is 28.4 Å². The lowest BCUT2D eigenvalue weighted by atomic mass is 10.1. The van der Waals surface area contributed by atoms with Crippen molar-refractivity contribution in [3.8, 4) is 0 Å². The Balaban J connectivity index is 1.63. The number of nitrogens with one attached hydrogen (secondary N) is 2. The molecule has 3 rings (SSSR count). The summed E-state index contributed by atoms with van der Waals surface area (Å²) in [6.07, 6.45) is 1.84. The van der Waals surface area contributed by atoms with E-state index in [0.717, 1.165) is 0 Å². The minimum absolute atomic E-state index is 0.129. The molecule has 1 amide bonds. The Labute approximate surface area is 177 Å². The summed E-state index contributed by atoms with van der Waals surface area (Å²) in [6, 6.07) is 11.9. The molecule has 9 heteroatoms. The molecule has 29 heavy (non-hydrogen) atoms. The summed E-state index contributed by atoms with van der Waals surface area (Å²) >= 11 is 11.8. The zero-order chi connectivity index (χ0) is 20.8. The third kappa shape index (κ3) is 5.49. The number of carbonyl (C=O) groups is 2. The molecule has 7 nitrogen and oxygen atoms in total. The molecule has 0 aliphatic rings. The largest absolute Gasteiger partial charge is 0.467 e. The molecule has 2 N–H and O–H groups in total. The lowest BCUT2D eigenvalue weighted by Crippen LogP contribution is -2.30. The Morgan fingerprint density at radius 2 is 2.00 bits per heavy atom. The van der Waals surface area contributed by atoms with Gasteiger partial charge in [0.25, 0.3) is 5.91 Å². The first kappa shape index (κ1) is 20.7. The Bertz CT molecular complexity index is 1010. The van der Waals surface area contributed by atoms with Crippen LogP contribution in [0.25, 0.3) is 0 Å². The second-order valence-corrected chi connectivity index (χ2v) is 6.84. The van der Waals surface area contributed by atoms with E-state index in [9.17, 15) is 9.59 Å². The summed E-state index contributed by atoms with van der Waals surface area (Å²) in [6.45, 7) is 1.85. The SMILES string of the molecule is C[C@H](OC(=O)c1ccccc1NCc1ccco1)C(=O)Nc1ncc(Cl)cc1Cl. The molecule has 0 fully saturated rings. The number of esters is 1. The fourth-order valence-corrected chi connectivity index (χ4v) is 2.84. The topological polar surface area (TPSA) is 93.5 Å². The second kappa shape index (κ2) is 9.45. The van der Waals surface area contributed by atoms with Crippen LogP contribution in [0.1, 0.15) is 23.0 Å². The molecule has 150 valence electrons. The zero-order valence-electron chi connectivity index (χ0n) is 15.3. The fraction of sp³-hybridized carbons (Fsp3) is 0.150. The van der Waals surface area contributed by atoms with Crippen LogP contribution in [0.5, 0.6) is 0 Å². The van der Waals surface area contributed by atoms with E-state index in [4.69, 9.17) is 32.4 Å². The normalized spacial score (nSPS) is 11.6. The molecular weight excluding hydrogens is 417 g/mol. The highest BCUT2D eigenvalue weighted by Gasteiger charge is 2.22. The Morgan fingerprint density at radius 1 is 1.21 bits per heavy atom. The lowest BCUT2D eigenvalue weighted by Gasteiger charge is -2.15. The number of benzene rings is 1. The van der Waals surface area contributed by atoms with Crippen LogP contribution in [0.4, 0.5) is 11.5 Å². The van der Waals surface area contributed by atoms with Crippen LogP contribution in [-0.4, -0.2) is 23.0 Å². The molecule has 3 aromatic rings. The summed E-state index contributed by atoms with van der Waals surface area (Å²) in [7, 11) is 0. The average Bonchev–Trinajstić information content (AvgIpc) is 3.22. The Morgan fingerprint density at radius 3 is 2.72 bits per heavy atom. The van der Waals surface area contributed by atoms with Crippen molar-refractivity contribution >= 4 is 46.6 Å². The number of halogens is 2. The van der Waals surface area contributed by atoms with Crippen molar-refractivity contribution in [2.75, 3.05) is 10.6 Å². The van der Waals surface area contributed by atoms with Crippen molar-refractivity contribution < 1.29 is 18.7 Å². The van der Waals surface area contributed by atoms with Crippen LogP contribution in [-0.2, 0) is 16.1 Å². The Hall–Kier alpha value is -3.03. The molecule has 1 aromatic carbocycles. The maximum Gasteiger partial charge on any atom is 0.341 e. The number of anilines is 2.